The molecule has 1 saturated carbocycles. The van der Waals surface area contributed by atoms with Gasteiger partial charge < -0.3 is 5.32 Å². The van der Waals surface area contributed by atoms with Gasteiger partial charge in [0, 0.05) is 17.6 Å². The van der Waals surface area contributed by atoms with Crippen molar-refractivity contribution in [2.24, 2.45) is 0 Å². The highest BCUT2D eigenvalue weighted by molar-refractivity contribution is 7.88. The third kappa shape index (κ3) is 3.98. The summed E-state index contributed by atoms with van der Waals surface area (Å²) in [5.41, 5.74) is 1.19. The zero-order valence-electron chi connectivity index (χ0n) is 13.2. The van der Waals surface area contributed by atoms with Crippen LogP contribution in [0.3, 0.4) is 0 Å². The van der Waals surface area contributed by atoms with Crippen LogP contribution in [0.15, 0.2) is 30.6 Å². The van der Waals surface area contributed by atoms with Crippen LogP contribution in [0, 0.1) is 0 Å². The monoisotopic (exact) mass is 349 g/mol. The molecule has 1 fully saturated rings. The average Bonchev–Trinajstić information content (AvgIpc) is 3.17. The zero-order valence-corrected chi connectivity index (χ0v) is 14.0. The Bertz CT molecular complexity index is 819. The maximum atomic E-state index is 12.6. The van der Waals surface area contributed by atoms with Crippen molar-refractivity contribution in [3.05, 3.63) is 36.2 Å². The van der Waals surface area contributed by atoms with Gasteiger partial charge in [-0.1, -0.05) is 18.2 Å². The first-order valence-corrected chi connectivity index (χ1v) is 9.54. The Morgan fingerprint density at radius 2 is 2.00 bits per heavy atom. The van der Waals surface area contributed by atoms with Gasteiger partial charge in [0.25, 0.3) is 5.91 Å². The Balaban J connectivity index is 1.69. The first kappa shape index (κ1) is 16.6. The summed E-state index contributed by atoms with van der Waals surface area (Å²) in [6.07, 6.45) is 4.57. The fourth-order valence-electron chi connectivity index (χ4n) is 3.01. The second kappa shape index (κ2) is 6.70. The molecule has 1 heterocycles. The van der Waals surface area contributed by atoms with E-state index < -0.39 is 10.0 Å². The van der Waals surface area contributed by atoms with Crippen molar-refractivity contribution in [3.63, 3.8) is 0 Å². The second-order valence-electron chi connectivity index (χ2n) is 5.95. The Hall–Kier alpha value is -2.26. The number of sulfonamides is 1. The zero-order chi connectivity index (χ0) is 17.2. The number of nitrogens with one attached hydrogen (secondary N) is 3. The molecule has 3 rings (SSSR count). The van der Waals surface area contributed by atoms with Crippen LogP contribution in [0.25, 0.3) is 11.4 Å². The van der Waals surface area contributed by atoms with E-state index >= 15 is 0 Å². The maximum absolute atomic E-state index is 12.6. The van der Waals surface area contributed by atoms with E-state index in [-0.39, 0.29) is 18.0 Å². The number of carbonyl (C=O) groups excluding carboxylic acids is 1. The van der Waals surface area contributed by atoms with Gasteiger partial charge in [0.1, 0.15) is 6.33 Å². The highest BCUT2D eigenvalue weighted by atomic mass is 32.2. The van der Waals surface area contributed by atoms with Gasteiger partial charge in [-0.15, -0.1) is 0 Å². The van der Waals surface area contributed by atoms with Crippen LogP contribution in [0.4, 0.5) is 0 Å². The number of aromatic amines is 1. The Morgan fingerprint density at radius 1 is 1.25 bits per heavy atom. The molecule has 0 aliphatic heterocycles. The van der Waals surface area contributed by atoms with Gasteiger partial charge in [-0.25, -0.2) is 18.1 Å². The van der Waals surface area contributed by atoms with Crippen LogP contribution < -0.4 is 10.0 Å². The number of carbonyl (C=O) groups is 1. The molecule has 2 atom stereocenters. The summed E-state index contributed by atoms with van der Waals surface area (Å²) in [4.78, 5) is 16.7. The van der Waals surface area contributed by atoms with Crippen LogP contribution >= 0.6 is 0 Å². The van der Waals surface area contributed by atoms with Crippen LogP contribution in [-0.2, 0) is 10.0 Å². The molecule has 2 aromatic rings. The van der Waals surface area contributed by atoms with E-state index in [2.05, 4.69) is 25.2 Å². The van der Waals surface area contributed by atoms with Gasteiger partial charge >= 0.3 is 0 Å². The number of H-pyrrole nitrogens is 1. The van der Waals surface area contributed by atoms with Gasteiger partial charge in [0.05, 0.1) is 11.8 Å². The summed E-state index contributed by atoms with van der Waals surface area (Å²) in [6.45, 7) is 0. The number of amides is 1. The molecule has 3 N–H and O–H groups in total. The normalized spacial score (nSPS) is 20.9. The Labute approximate surface area is 140 Å². The summed E-state index contributed by atoms with van der Waals surface area (Å²) >= 11 is 0. The number of hydrogen-bond donors (Lipinski definition) is 3. The molecule has 1 aliphatic carbocycles. The Kier molecular flexibility index (Phi) is 4.63. The number of nitrogens with zero attached hydrogens (tertiary/aromatic N) is 2. The van der Waals surface area contributed by atoms with E-state index in [0.717, 1.165) is 12.7 Å². The lowest BCUT2D eigenvalue weighted by Crippen LogP contribution is -2.36. The van der Waals surface area contributed by atoms with Gasteiger partial charge in [-0.3, -0.25) is 9.89 Å². The molecule has 0 radical (unpaired) electrons. The molecule has 0 bridgehead atoms. The molecule has 1 aromatic heterocycles. The molecule has 128 valence electrons. The lowest BCUT2D eigenvalue weighted by Gasteiger charge is -2.15. The summed E-state index contributed by atoms with van der Waals surface area (Å²) in [5.74, 6) is 0.329. The van der Waals surface area contributed by atoms with E-state index in [1.807, 2.05) is 6.07 Å². The second-order valence-corrected chi connectivity index (χ2v) is 7.73. The lowest BCUT2D eigenvalue weighted by molar-refractivity contribution is 0.0938. The minimum absolute atomic E-state index is 0.0560. The fourth-order valence-corrected chi connectivity index (χ4v) is 3.83. The van der Waals surface area contributed by atoms with Crippen molar-refractivity contribution in [3.8, 4) is 11.4 Å². The predicted octanol–water partition coefficient (Wildman–Crippen LogP) is 0.672. The molecule has 0 unspecified atom stereocenters. The quantitative estimate of drug-likeness (QED) is 0.733. The number of benzene rings is 1. The van der Waals surface area contributed by atoms with Crippen molar-refractivity contribution in [2.45, 2.75) is 31.3 Å². The van der Waals surface area contributed by atoms with Crippen LogP contribution in [0.5, 0.6) is 0 Å². The first-order chi connectivity index (χ1) is 11.4. The van der Waals surface area contributed by atoms with Gasteiger partial charge in [0.15, 0.2) is 5.82 Å². The fraction of sp³-hybridized carbons (Fsp3) is 0.400. The molecule has 0 saturated heterocycles. The average molecular weight is 349 g/mol. The molecule has 1 amide bonds. The number of hydrogen-bond acceptors (Lipinski definition) is 5. The third-order valence-corrected chi connectivity index (χ3v) is 4.75. The third-order valence-electron chi connectivity index (χ3n) is 3.99. The summed E-state index contributed by atoms with van der Waals surface area (Å²) in [6, 6.07) is 6.97. The minimum atomic E-state index is -3.23. The van der Waals surface area contributed by atoms with Crippen molar-refractivity contribution in [2.75, 3.05) is 6.26 Å². The first-order valence-electron chi connectivity index (χ1n) is 7.65. The van der Waals surface area contributed by atoms with Gasteiger partial charge in [0.2, 0.25) is 10.0 Å². The standard InChI is InChI=1S/C15H19N5O3S/c1-24(22,23)20-11-7-6-10(8-11)18-15(21)13-5-3-2-4-12(13)14-16-9-17-19-14/h2-5,9-11,20H,6-8H2,1H3,(H,18,21)(H,16,17,19)/t10-,11+/m0/s1. The largest absolute Gasteiger partial charge is 0.349 e. The summed E-state index contributed by atoms with van der Waals surface area (Å²) in [7, 11) is -3.23. The van der Waals surface area contributed by atoms with Crippen molar-refractivity contribution in [1.82, 2.24) is 25.2 Å². The van der Waals surface area contributed by atoms with Crippen LogP contribution in [0.1, 0.15) is 29.6 Å². The molecular formula is C15H19N5O3S. The van der Waals surface area contributed by atoms with Crippen molar-refractivity contribution < 1.29 is 13.2 Å². The molecular weight excluding hydrogens is 330 g/mol. The molecule has 0 spiro atoms. The van der Waals surface area contributed by atoms with Crippen molar-refractivity contribution >= 4 is 15.9 Å². The van der Waals surface area contributed by atoms with Gasteiger partial charge in [-0.05, 0) is 25.3 Å². The van der Waals surface area contributed by atoms with Crippen LogP contribution in [-0.4, -0.2) is 47.8 Å². The maximum Gasteiger partial charge on any atom is 0.252 e. The number of rotatable bonds is 5. The lowest BCUT2D eigenvalue weighted by atomic mass is 10.1. The topological polar surface area (TPSA) is 117 Å². The highest BCUT2D eigenvalue weighted by Crippen LogP contribution is 2.23. The highest BCUT2D eigenvalue weighted by Gasteiger charge is 2.28. The predicted molar refractivity (Wildman–Crippen MR) is 88.7 cm³/mol. The minimum Gasteiger partial charge on any atom is -0.349 e. The van der Waals surface area contributed by atoms with Gasteiger partial charge in [-0.2, -0.15) is 5.10 Å². The molecule has 9 heteroatoms. The molecule has 1 aromatic carbocycles. The molecule has 24 heavy (non-hydrogen) atoms. The van der Waals surface area contributed by atoms with E-state index in [1.165, 1.54) is 6.33 Å². The van der Waals surface area contributed by atoms with E-state index in [4.69, 9.17) is 0 Å². The molecule has 1 aliphatic rings. The summed E-state index contributed by atoms with van der Waals surface area (Å²) < 4.78 is 25.2. The smallest absolute Gasteiger partial charge is 0.252 e. The Morgan fingerprint density at radius 3 is 2.71 bits per heavy atom. The van der Waals surface area contributed by atoms with E-state index in [9.17, 15) is 13.2 Å². The SMILES string of the molecule is CS(=O)(=O)N[C@@H]1CC[C@H](NC(=O)c2ccccc2-c2ncn[nH]2)C1. The van der Waals surface area contributed by atoms with Crippen molar-refractivity contribution in [1.29, 1.82) is 0 Å². The molecule has 8 nitrogen and oxygen atoms in total. The number of aromatic nitrogens is 3. The van der Waals surface area contributed by atoms with E-state index in [1.54, 1.807) is 18.2 Å². The summed E-state index contributed by atoms with van der Waals surface area (Å²) in [5, 5.41) is 9.55. The van der Waals surface area contributed by atoms with Crippen LogP contribution in [0.2, 0.25) is 0 Å². The van der Waals surface area contributed by atoms with E-state index in [0.29, 0.717) is 29.8 Å².